The summed E-state index contributed by atoms with van der Waals surface area (Å²) in [7, 11) is 0. The molecule has 1 amide bonds. The van der Waals surface area contributed by atoms with Gasteiger partial charge in [-0.2, -0.15) is 10.5 Å². The number of nitrogens with zero attached hydrogens (tertiary/aromatic N) is 2. The van der Waals surface area contributed by atoms with Crippen molar-refractivity contribution in [3.8, 4) is 12.1 Å². The molecule has 2 aromatic rings. The summed E-state index contributed by atoms with van der Waals surface area (Å²) in [5, 5.41) is 24.0. The fraction of sp³-hybridized carbons (Fsp3) is 0.214. The second-order valence-electron chi connectivity index (χ2n) is 7.94. The summed E-state index contributed by atoms with van der Waals surface area (Å²) in [6, 6.07) is 20.6. The summed E-state index contributed by atoms with van der Waals surface area (Å²) in [6.45, 7) is 3.79. The number of allylic oxidation sites excluding steroid dienone is 2. The summed E-state index contributed by atoms with van der Waals surface area (Å²) in [5.41, 5.74) is 4.05. The largest absolute Gasteiger partial charge is 0.461 e. The van der Waals surface area contributed by atoms with E-state index in [0.717, 1.165) is 5.56 Å². The van der Waals surface area contributed by atoms with Gasteiger partial charge in [0, 0.05) is 23.5 Å². The van der Waals surface area contributed by atoms with Gasteiger partial charge >= 0.3 is 5.97 Å². The molecule has 35 heavy (non-hydrogen) atoms. The average molecular weight is 467 g/mol. The molecule has 7 nitrogen and oxygen atoms in total. The molecule has 1 heterocycles. The Balaban J connectivity index is 1.90. The molecule has 0 saturated heterocycles. The third kappa shape index (κ3) is 6.25. The summed E-state index contributed by atoms with van der Waals surface area (Å²) in [6.07, 6.45) is 3.85. The molecule has 3 rings (SSSR count). The van der Waals surface area contributed by atoms with E-state index in [1.165, 1.54) is 0 Å². The summed E-state index contributed by atoms with van der Waals surface area (Å²) < 4.78 is 5.32. The van der Waals surface area contributed by atoms with Crippen LogP contribution in [0.25, 0.3) is 6.08 Å². The number of amides is 1. The van der Waals surface area contributed by atoms with Gasteiger partial charge < -0.3 is 15.4 Å². The van der Waals surface area contributed by atoms with Gasteiger partial charge in [-0.3, -0.25) is 4.79 Å². The predicted octanol–water partition coefficient (Wildman–Crippen LogP) is 4.08. The van der Waals surface area contributed by atoms with Crippen LogP contribution in [-0.4, -0.2) is 25.0 Å². The van der Waals surface area contributed by atoms with Crippen LogP contribution in [-0.2, 0) is 14.3 Å². The third-order valence-corrected chi connectivity index (χ3v) is 5.54. The molecular weight excluding hydrogens is 440 g/mol. The molecular formula is C28H26N4O3. The van der Waals surface area contributed by atoms with Crippen LogP contribution in [0.2, 0.25) is 0 Å². The first kappa shape index (κ1) is 25.0. The number of nitrogens with one attached hydrogen (secondary N) is 2. The molecule has 2 N–H and O–H groups in total. The van der Waals surface area contributed by atoms with Crippen molar-refractivity contribution >= 4 is 18.0 Å². The topological polar surface area (TPSA) is 115 Å². The van der Waals surface area contributed by atoms with Crippen LogP contribution in [0.15, 0.2) is 83.2 Å². The van der Waals surface area contributed by atoms with Gasteiger partial charge in [0.25, 0.3) is 0 Å². The number of nitriles is 2. The maximum atomic E-state index is 13.3. The van der Waals surface area contributed by atoms with E-state index in [2.05, 4.69) is 16.7 Å². The zero-order chi connectivity index (χ0) is 25.2. The molecule has 0 radical (unpaired) electrons. The first-order chi connectivity index (χ1) is 17.0. The molecule has 1 aliphatic rings. The molecule has 7 heteroatoms. The molecule has 1 aliphatic heterocycles. The maximum absolute atomic E-state index is 13.3. The van der Waals surface area contributed by atoms with Crippen LogP contribution < -0.4 is 10.6 Å². The van der Waals surface area contributed by atoms with Crippen LogP contribution in [0.3, 0.4) is 0 Å². The third-order valence-electron chi connectivity index (χ3n) is 5.54. The fourth-order valence-electron chi connectivity index (χ4n) is 3.92. The van der Waals surface area contributed by atoms with Gasteiger partial charge in [0.1, 0.15) is 6.61 Å². The number of carbonyl (C=O) groups excluding carboxylic acids is 2. The Morgan fingerprint density at radius 2 is 1.71 bits per heavy atom. The highest BCUT2D eigenvalue weighted by molar-refractivity contribution is 6.02. The van der Waals surface area contributed by atoms with Crippen molar-refractivity contribution in [2.75, 3.05) is 13.2 Å². The van der Waals surface area contributed by atoms with Gasteiger partial charge in [0.2, 0.25) is 5.91 Å². The lowest BCUT2D eigenvalue weighted by Crippen LogP contribution is -2.36. The van der Waals surface area contributed by atoms with Gasteiger partial charge in [-0.1, -0.05) is 54.6 Å². The fourth-order valence-corrected chi connectivity index (χ4v) is 3.92. The smallest absolute Gasteiger partial charge is 0.336 e. The van der Waals surface area contributed by atoms with Crippen LogP contribution in [0, 0.1) is 22.7 Å². The molecule has 1 atom stereocenters. The van der Waals surface area contributed by atoms with Gasteiger partial charge in [-0.05, 0) is 37.1 Å². The van der Waals surface area contributed by atoms with Crippen molar-refractivity contribution in [2.45, 2.75) is 26.2 Å². The summed E-state index contributed by atoms with van der Waals surface area (Å²) in [5.74, 6) is -1.62. The van der Waals surface area contributed by atoms with Gasteiger partial charge in [0.15, 0.2) is 0 Å². The van der Waals surface area contributed by atoms with Crippen LogP contribution >= 0.6 is 0 Å². The Bertz CT molecular complexity index is 1260. The molecule has 176 valence electrons. The first-order valence-corrected chi connectivity index (χ1v) is 11.2. The minimum atomic E-state index is -0.698. The van der Waals surface area contributed by atoms with E-state index in [4.69, 9.17) is 10.00 Å². The Hall–Kier alpha value is -4.62. The Kier molecular flexibility index (Phi) is 8.59. The van der Waals surface area contributed by atoms with Gasteiger partial charge in [-0.25, -0.2) is 4.79 Å². The van der Waals surface area contributed by atoms with E-state index >= 15 is 0 Å². The lowest BCUT2D eigenvalue weighted by atomic mass is 9.80. The number of esters is 1. The van der Waals surface area contributed by atoms with Crippen molar-refractivity contribution < 1.29 is 14.3 Å². The number of carbonyl (C=O) groups is 2. The SMILES string of the molecule is CC1=C(C(=O)NCC=Cc2ccccc2)C(c2ccc(C#N)cc2)C(C(=O)OCCC#N)=C(C)N1. The van der Waals surface area contributed by atoms with Crippen molar-refractivity contribution in [1.29, 1.82) is 10.5 Å². The van der Waals surface area contributed by atoms with Crippen molar-refractivity contribution in [3.05, 3.63) is 99.9 Å². The number of dihydropyridines is 1. The van der Waals surface area contributed by atoms with Crippen molar-refractivity contribution in [3.63, 3.8) is 0 Å². The number of benzene rings is 2. The van der Waals surface area contributed by atoms with E-state index in [9.17, 15) is 14.9 Å². The number of rotatable bonds is 8. The van der Waals surface area contributed by atoms with E-state index < -0.39 is 11.9 Å². The van der Waals surface area contributed by atoms with E-state index in [0.29, 0.717) is 40.2 Å². The number of hydrogen-bond donors (Lipinski definition) is 2. The second-order valence-corrected chi connectivity index (χ2v) is 7.94. The highest BCUT2D eigenvalue weighted by Crippen LogP contribution is 2.38. The molecule has 0 aliphatic carbocycles. The highest BCUT2D eigenvalue weighted by Gasteiger charge is 2.37. The quantitative estimate of drug-likeness (QED) is 0.447. The van der Waals surface area contributed by atoms with Crippen LogP contribution in [0.1, 0.15) is 42.9 Å². The minimum absolute atomic E-state index is 0.0410. The molecule has 1 unspecified atom stereocenters. The normalized spacial score (nSPS) is 15.3. The summed E-state index contributed by atoms with van der Waals surface area (Å²) in [4.78, 5) is 26.4. The average Bonchev–Trinajstić information content (AvgIpc) is 2.86. The lowest BCUT2D eigenvalue weighted by molar-refractivity contribution is -0.139. The second kappa shape index (κ2) is 12.0. The standard InChI is InChI=1S/C28H26N4O3/c1-19-24(27(33)31-16-6-10-21-8-4-3-5-9-21)26(23-13-11-22(18-30)12-14-23)25(20(2)32-19)28(34)35-17-7-15-29/h3-6,8-14,26,32H,7,16-17H2,1-2H3,(H,31,33). The zero-order valence-electron chi connectivity index (χ0n) is 19.7. The monoisotopic (exact) mass is 466 g/mol. The Morgan fingerprint density at radius 1 is 1.03 bits per heavy atom. The Morgan fingerprint density at radius 3 is 2.37 bits per heavy atom. The molecule has 0 aromatic heterocycles. The van der Waals surface area contributed by atoms with Crippen LogP contribution in [0.4, 0.5) is 0 Å². The predicted molar refractivity (Wildman–Crippen MR) is 132 cm³/mol. The van der Waals surface area contributed by atoms with Gasteiger partial charge in [0.05, 0.1) is 35.6 Å². The Labute approximate surface area is 205 Å². The van der Waals surface area contributed by atoms with E-state index in [1.807, 2.05) is 48.6 Å². The molecule has 0 fully saturated rings. The van der Waals surface area contributed by atoms with Crippen LogP contribution in [0.5, 0.6) is 0 Å². The number of ether oxygens (including phenoxy) is 1. The van der Waals surface area contributed by atoms with Crippen molar-refractivity contribution in [1.82, 2.24) is 10.6 Å². The first-order valence-electron chi connectivity index (χ1n) is 11.2. The molecule has 0 spiro atoms. The van der Waals surface area contributed by atoms with E-state index in [1.54, 1.807) is 38.1 Å². The highest BCUT2D eigenvalue weighted by atomic mass is 16.5. The molecule has 0 saturated carbocycles. The molecule has 2 aromatic carbocycles. The zero-order valence-corrected chi connectivity index (χ0v) is 19.7. The minimum Gasteiger partial charge on any atom is -0.461 e. The summed E-state index contributed by atoms with van der Waals surface area (Å²) >= 11 is 0. The maximum Gasteiger partial charge on any atom is 0.336 e. The lowest BCUT2D eigenvalue weighted by Gasteiger charge is -2.31. The van der Waals surface area contributed by atoms with Crippen molar-refractivity contribution in [2.24, 2.45) is 0 Å². The van der Waals surface area contributed by atoms with E-state index in [-0.39, 0.29) is 18.9 Å². The van der Waals surface area contributed by atoms with Gasteiger partial charge in [-0.15, -0.1) is 0 Å². The molecule has 0 bridgehead atoms. The number of hydrogen-bond acceptors (Lipinski definition) is 6.